The number of hydrogen-bond acceptors (Lipinski definition) is 6. The summed E-state index contributed by atoms with van der Waals surface area (Å²) in [7, 11) is 0. The lowest BCUT2D eigenvalue weighted by molar-refractivity contribution is -0.118. The molecule has 1 N–H and O–H groups in total. The van der Waals surface area contributed by atoms with Crippen molar-refractivity contribution in [3.63, 3.8) is 0 Å². The van der Waals surface area contributed by atoms with Crippen LogP contribution in [0.4, 0.5) is 0 Å². The summed E-state index contributed by atoms with van der Waals surface area (Å²) >= 11 is 8.84. The van der Waals surface area contributed by atoms with E-state index in [-0.39, 0.29) is 11.7 Å². The summed E-state index contributed by atoms with van der Waals surface area (Å²) in [5.74, 6) is 1.60. The van der Waals surface area contributed by atoms with Crippen molar-refractivity contribution >= 4 is 46.8 Å². The number of hydrogen-bond donors (Lipinski definition) is 1. The number of carbonyl (C=O) groups excluding carboxylic acids is 1. The topological polar surface area (TPSA) is 72.2 Å². The van der Waals surface area contributed by atoms with E-state index in [1.165, 1.54) is 11.8 Å². The summed E-state index contributed by atoms with van der Waals surface area (Å²) in [6.45, 7) is 4.48. The van der Waals surface area contributed by atoms with E-state index in [1.807, 2.05) is 44.2 Å². The van der Waals surface area contributed by atoms with Gasteiger partial charge in [-0.15, -0.1) is 16.9 Å². The predicted molar refractivity (Wildman–Crippen MR) is 106 cm³/mol. The number of halogens is 1. The SMILES string of the molecule is Cc1cc(C)n2nc(SCC(=O)NCCSc3ccc(Cl)cc3)nc2n1. The van der Waals surface area contributed by atoms with Crippen molar-refractivity contribution < 1.29 is 4.79 Å². The number of thioether (sulfide) groups is 2. The maximum absolute atomic E-state index is 12.0. The first-order valence-corrected chi connectivity index (χ1v) is 10.3. The summed E-state index contributed by atoms with van der Waals surface area (Å²) in [5.41, 5.74) is 1.87. The Kier molecular flexibility index (Phi) is 6.39. The molecule has 0 bridgehead atoms. The fourth-order valence-electron chi connectivity index (χ4n) is 2.28. The zero-order valence-corrected chi connectivity index (χ0v) is 16.8. The molecule has 0 aliphatic rings. The van der Waals surface area contributed by atoms with Crippen LogP contribution in [0.3, 0.4) is 0 Å². The Morgan fingerprint density at radius 3 is 2.73 bits per heavy atom. The zero-order valence-electron chi connectivity index (χ0n) is 14.4. The Morgan fingerprint density at radius 1 is 1.19 bits per heavy atom. The first-order chi connectivity index (χ1) is 12.5. The Hall–Kier alpha value is -1.77. The lowest BCUT2D eigenvalue weighted by Crippen LogP contribution is -2.27. The van der Waals surface area contributed by atoms with E-state index in [4.69, 9.17) is 11.6 Å². The van der Waals surface area contributed by atoms with Crippen LogP contribution < -0.4 is 5.32 Å². The fraction of sp³-hybridized carbons (Fsp3) is 0.294. The number of aryl methyl sites for hydroxylation is 2. The maximum Gasteiger partial charge on any atom is 0.253 e. The monoisotopic (exact) mass is 407 g/mol. The van der Waals surface area contributed by atoms with Crippen LogP contribution in [0, 0.1) is 13.8 Å². The third-order valence-electron chi connectivity index (χ3n) is 3.44. The highest BCUT2D eigenvalue weighted by Crippen LogP contribution is 2.19. The van der Waals surface area contributed by atoms with Crippen LogP contribution in [-0.4, -0.2) is 43.5 Å². The number of fused-ring (bicyclic) bond motifs is 1. The van der Waals surface area contributed by atoms with Gasteiger partial charge in [0.2, 0.25) is 11.1 Å². The van der Waals surface area contributed by atoms with Crippen LogP contribution in [0.2, 0.25) is 5.02 Å². The molecule has 26 heavy (non-hydrogen) atoms. The lowest BCUT2D eigenvalue weighted by Gasteiger charge is -2.04. The molecule has 0 spiro atoms. The molecule has 9 heteroatoms. The van der Waals surface area contributed by atoms with Crippen molar-refractivity contribution in [1.29, 1.82) is 0 Å². The molecule has 1 aromatic carbocycles. The van der Waals surface area contributed by atoms with Gasteiger partial charge in [-0.1, -0.05) is 23.4 Å². The van der Waals surface area contributed by atoms with Crippen molar-refractivity contribution in [2.75, 3.05) is 18.1 Å². The molecule has 0 atom stereocenters. The number of carbonyl (C=O) groups is 1. The fourth-order valence-corrected chi connectivity index (χ4v) is 3.82. The minimum atomic E-state index is -0.0357. The van der Waals surface area contributed by atoms with Gasteiger partial charge in [-0.2, -0.15) is 4.98 Å². The van der Waals surface area contributed by atoms with Gasteiger partial charge in [0.25, 0.3) is 5.78 Å². The van der Waals surface area contributed by atoms with E-state index in [2.05, 4.69) is 20.4 Å². The molecular weight excluding hydrogens is 390 g/mol. The second kappa shape index (κ2) is 8.75. The summed E-state index contributed by atoms with van der Waals surface area (Å²) in [4.78, 5) is 21.8. The highest BCUT2D eigenvalue weighted by molar-refractivity contribution is 7.99. The van der Waals surface area contributed by atoms with Crippen molar-refractivity contribution in [1.82, 2.24) is 24.9 Å². The molecular formula is C17H18ClN5OS2. The van der Waals surface area contributed by atoms with Gasteiger partial charge >= 0.3 is 0 Å². The Morgan fingerprint density at radius 2 is 1.96 bits per heavy atom. The molecule has 0 saturated carbocycles. The molecule has 0 aliphatic carbocycles. The molecule has 1 amide bonds. The smallest absolute Gasteiger partial charge is 0.253 e. The Bertz CT molecular complexity index is 913. The van der Waals surface area contributed by atoms with E-state index < -0.39 is 0 Å². The number of rotatable bonds is 7. The normalized spacial score (nSPS) is 11.0. The van der Waals surface area contributed by atoms with E-state index in [9.17, 15) is 4.79 Å². The number of benzene rings is 1. The molecule has 6 nitrogen and oxygen atoms in total. The van der Waals surface area contributed by atoms with E-state index in [0.717, 1.165) is 27.1 Å². The first kappa shape index (κ1) is 19.0. The molecule has 3 rings (SSSR count). The van der Waals surface area contributed by atoms with Gasteiger partial charge in [0.15, 0.2) is 0 Å². The predicted octanol–water partition coefficient (Wildman–Crippen LogP) is 3.40. The molecule has 0 unspecified atom stereocenters. The Balaban J connectivity index is 1.42. The van der Waals surface area contributed by atoms with Gasteiger partial charge < -0.3 is 5.32 Å². The standard InChI is InChI=1S/C17H18ClN5OS2/c1-11-9-12(2)23-16(20-11)21-17(22-23)26-10-15(24)19-7-8-25-14-5-3-13(18)4-6-14/h3-6,9H,7-8,10H2,1-2H3,(H,19,24). The molecule has 0 aliphatic heterocycles. The quantitative estimate of drug-likeness (QED) is 0.478. The second-order valence-electron chi connectivity index (χ2n) is 5.59. The van der Waals surface area contributed by atoms with Gasteiger partial charge in [-0.05, 0) is 44.2 Å². The van der Waals surface area contributed by atoms with Crippen LogP contribution >= 0.6 is 35.1 Å². The molecule has 3 aromatic rings. The second-order valence-corrected chi connectivity index (χ2v) is 8.13. The van der Waals surface area contributed by atoms with Crippen molar-refractivity contribution in [2.45, 2.75) is 23.9 Å². The van der Waals surface area contributed by atoms with Crippen molar-refractivity contribution in [2.24, 2.45) is 0 Å². The molecule has 2 heterocycles. The number of aromatic nitrogens is 4. The maximum atomic E-state index is 12.0. The van der Waals surface area contributed by atoms with E-state index >= 15 is 0 Å². The van der Waals surface area contributed by atoms with Gasteiger partial charge in [-0.3, -0.25) is 4.79 Å². The summed E-state index contributed by atoms with van der Waals surface area (Å²) < 4.78 is 1.69. The van der Waals surface area contributed by atoms with Gasteiger partial charge in [0.05, 0.1) is 5.75 Å². The van der Waals surface area contributed by atoms with Crippen LogP contribution in [0.1, 0.15) is 11.4 Å². The van der Waals surface area contributed by atoms with E-state index in [0.29, 0.717) is 17.5 Å². The lowest BCUT2D eigenvalue weighted by atomic mass is 10.4. The van der Waals surface area contributed by atoms with Gasteiger partial charge in [-0.25, -0.2) is 9.50 Å². The summed E-state index contributed by atoms with van der Waals surface area (Å²) in [6, 6.07) is 9.61. The average molecular weight is 408 g/mol. The largest absolute Gasteiger partial charge is 0.355 e. The number of nitrogens with zero attached hydrogens (tertiary/aromatic N) is 4. The molecule has 0 saturated heterocycles. The Labute approximate surface area is 165 Å². The van der Waals surface area contributed by atoms with Crippen LogP contribution in [0.25, 0.3) is 5.78 Å². The number of nitrogens with one attached hydrogen (secondary N) is 1. The van der Waals surface area contributed by atoms with Crippen LogP contribution in [-0.2, 0) is 4.79 Å². The molecule has 2 aromatic heterocycles. The van der Waals surface area contributed by atoms with Gasteiger partial charge in [0.1, 0.15) is 0 Å². The number of amides is 1. The third-order valence-corrected chi connectivity index (χ3v) is 5.54. The average Bonchev–Trinajstić information content (AvgIpc) is 3.02. The minimum Gasteiger partial charge on any atom is -0.355 e. The third kappa shape index (κ3) is 5.12. The van der Waals surface area contributed by atoms with Crippen LogP contribution in [0.5, 0.6) is 0 Å². The van der Waals surface area contributed by atoms with E-state index in [1.54, 1.807) is 16.3 Å². The summed E-state index contributed by atoms with van der Waals surface area (Å²) in [6.07, 6.45) is 0. The van der Waals surface area contributed by atoms with Crippen molar-refractivity contribution in [3.05, 3.63) is 46.7 Å². The zero-order chi connectivity index (χ0) is 18.5. The highest BCUT2D eigenvalue weighted by atomic mass is 35.5. The molecule has 0 fully saturated rings. The minimum absolute atomic E-state index is 0.0357. The van der Waals surface area contributed by atoms with Crippen molar-refractivity contribution in [3.8, 4) is 0 Å². The molecule has 136 valence electrons. The van der Waals surface area contributed by atoms with Crippen LogP contribution in [0.15, 0.2) is 40.4 Å². The summed E-state index contributed by atoms with van der Waals surface area (Å²) in [5, 5.41) is 8.56. The van der Waals surface area contributed by atoms with Gasteiger partial charge in [0, 0.05) is 33.6 Å². The molecule has 0 radical (unpaired) electrons. The first-order valence-electron chi connectivity index (χ1n) is 8.00. The highest BCUT2D eigenvalue weighted by Gasteiger charge is 2.10.